The highest BCUT2D eigenvalue weighted by Gasteiger charge is 2.35. The first-order valence-electron chi connectivity index (χ1n) is 12.0. The molecule has 1 heterocycles. The van der Waals surface area contributed by atoms with E-state index in [1.165, 1.54) is 30.4 Å². The molecule has 5 nitrogen and oxygen atoms in total. The van der Waals surface area contributed by atoms with Crippen molar-refractivity contribution in [1.29, 1.82) is 0 Å². The van der Waals surface area contributed by atoms with Crippen LogP contribution in [0.2, 0.25) is 0 Å². The van der Waals surface area contributed by atoms with Gasteiger partial charge in [0, 0.05) is 19.1 Å². The van der Waals surface area contributed by atoms with Gasteiger partial charge in [0.1, 0.15) is 0 Å². The second-order valence-electron chi connectivity index (χ2n) is 8.90. The van der Waals surface area contributed by atoms with Crippen molar-refractivity contribution in [1.82, 2.24) is 4.90 Å². The molecule has 0 N–H and O–H groups in total. The molecule has 1 aliphatic heterocycles. The van der Waals surface area contributed by atoms with Gasteiger partial charge in [-0.25, -0.2) is 0 Å². The monoisotopic (exact) mass is 439 g/mol. The number of hydrogen-bond donors (Lipinski definition) is 0. The Labute approximate surface area is 192 Å². The molecule has 32 heavy (non-hydrogen) atoms. The molecule has 2 unspecified atom stereocenters. The van der Waals surface area contributed by atoms with Crippen molar-refractivity contribution in [3.63, 3.8) is 0 Å². The van der Waals surface area contributed by atoms with Crippen LogP contribution in [0.25, 0.3) is 0 Å². The molecule has 2 aromatic carbocycles. The summed E-state index contributed by atoms with van der Waals surface area (Å²) in [6, 6.07) is 17.1. The minimum absolute atomic E-state index is 0.316. The molecule has 2 fully saturated rings. The highest BCUT2D eigenvalue weighted by atomic mass is 16.5. The van der Waals surface area contributed by atoms with E-state index in [4.69, 9.17) is 18.9 Å². The van der Waals surface area contributed by atoms with Crippen LogP contribution in [0.15, 0.2) is 48.5 Å². The van der Waals surface area contributed by atoms with Gasteiger partial charge < -0.3 is 18.9 Å². The van der Waals surface area contributed by atoms with Crippen LogP contribution in [0, 0.1) is 0 Å². The van der Waals surface area contributed by atoms with Gasteiger partial charge >= 0.3 is 0 Å². The van der Waals surface area contributed by atoms with Crippen molar-refractivity contribution in [2.24, 2.45) is 0 Å². The quantitative estimate of drug-likeness (QED) is 0.528. The third-order valence-electron chi connectivity index (χ3n) is 6.81. The van der Waals surface area contributed by atoms with Crippen LogP contribution in [0.3, 0.4) is 0 Å². The number of rotatable bonds is 10. The fraction of sp³-hybridized carbons (Fsp3) is 0.556. The number of methoxy groups -OCH3 is 2. The highest BCUT2D eigenvalue weighted by molar-refractivity contribution is 5.42. The maximum Gasteiger partial charge on any atom is 0.160 e. The van der Waals surface area contributed by atoms with E-state index in [0.717, 1.165) is 50.5 Å². The number of likely N-dealkylation sites (tertiary alicyclic amines) is 1. The van der Waals surface area contributed by atoms with E-state index >= 15 is 0 Å². The van der Waals surface area contributed by atoms with Gasteiger partial charge in [-0.1, -0.05) is 49.2 Å². The van der Waals surface area contributed by atoms with E-state index in [2.05, 4.69) is 47.4 Å². The third-order valence-corrected chi connectivity index (χ3v) is 6.81. The normalized spacial score (nSPS) is 23.9. The largest absolute Gasteiger partial charge is 0.493 e. The second-order valence-corrected chi connectivity index (χ2v) is 8.90. The van der Waals surface area contributed by atoms with Crippen molar-refractivity contribution in [2.75, 3.05) is 33.9 Å². The van der Waals surface area contributed by atoms with Crippen LogP contribution in [-0.2, 0) is 22.5 Å². The van der Waals surface area contributed by atoms with E-state index in [0.29, 0.717) is 24.9 Å². The summed E-state index contributed by atoms with van der Waals surface area (Å²) < 4.78 is 23.4. The molecule has 4 rings (SSSR count). The molecule has 2 aromatic rings. The van der Waals surface area contributed by atoms with Crippen molar-refractivity contribution in [3.8, 4) is 11.5 Å². The SMILES string of the molecule is COc1ccc(CCOC2CCCCC2N2CC[C@@H](OCc3ccccc3)C2)cc1OC. The predicted molar refractivity (Wildman–Crippen MR) is 126 cm³/mol. The molecule has 0 radical (unpaired) electrons. The molecule has 3 atom stereocenters. The molecule has 0 amide bonds. The zero-order valence-electron chi connectivity index (χ0n) is 19.5. The maximum absolute atomic E-state index is 6.45. The molecule has 5 heteroatoms. The topological polar surface area (TPSA) is 40.2 Å². The van der Waals surface area contributed by atoms with Crippen molar-refractivity contribution in [2.45, 2.75) is 63.4 Å². The second kappa shape index (κ2) is 11.7. The Hall–Kier alpha value is -2.08. The Morgan fingerprint density at radius 2 is 1.66 bits per heavy atom. The first-order valence-corrected chi connectivity index (χ1v) is 12.0. The van der Waals surface area contributed by atoms with Gasteiger partial charge in [0.2, 0.25) is 0 Å². The number of ether oxygens (including phenoxy) is 4. The molecule has 0 spiro atoms. The molecule has 1 aliphatic carbocycles. The Bertz CT molecular complexity index is 828. The van der Waals surface area contributed by atoms with Crippen LogP contribution in [0.5, 0.6) is 11.5 Å². The summed E-state index contributed by atoms with van der Waals surface area (Å²) in [5.41, 5.74) is 2.46. The van der Waals surface area contributed by atoms with Crippen molar-refractivity contribution >= 4 is 0 Å². The molecule has 174 valence electrons. The van der Waals surface area contributed by atoms with Crippen LogP contribution in [-0.4, -0.2) is 57.1 Å². The average molecular weight is 440 g/mol. The van der Waals surface area contributed by atoms with Crippen molar-refractivity contribution < 1.29 is 18.9 Å². The molecule has 1 saturated heterocycles. The number of nitrogens with zero attached hydrogens (tertiary/aromatic N) is 1. The van der Waals surface area contributed by atoms with E-state index in [9.17, 15) is 0 Å². The van der Waals surface area contributed by atoms with Gasteiger partial charge in [0.25, 0.3) is 0 Å². The predicted octanol–water partition coefficient (Wildman–Crippen LogP) is 4.87. The Kier molecular flexibility index (Phi) is 8.43. The van der Waals surface area contributed by atoms with Crippen molar-refractivity contribution in [3.05, 3.63) is 59.7 Å². The summed E-state index contributed by atoms with van der Waals surface area (Å²) in [5.74, 6) is 1.54. The Morgan fingerprint density at radius 1 is 0.844 bits per heavy atom. The number of benzene rings is 2. The summed E-state index contributed by atoms with van der Waals surface area (Å²) in [6.07, 6.45) is 7.58. The van der Waals surface area contributed by atoms with Gasteiger partial charge in [-0.05, 0) is 48.9 Å². The van der Waals surface area contributed by atoms with Gasteiger partial charge in [-0.3, -0.25) is 4.90 Å². The fourth-order valence-corrected chi connectivity index (χ4v) is 5.03. The molecule has 0 bridgehead atoms. The maximum atomic E-state index is 6.45. The van der Waals surface area contributed by atoms with Gasteiger partial charge in [-0.2, -0.15) is 0 Å². The van der Waals surface area contributed by atoms with Gasteiger partial charge in [0.05, 0.1) is 39.6 Å². The van der Waals surface area contributed by atoms with E-state index in [1.807, 2.05) is 6.07 Å². The highest BCUT2D eigenvalue weighted by Crippen LogP contribution is 2.30. The fourth-order valence-electron chi connectivity index (χ4n) is 5.03. The summed E-state index contributed by atoms with van der Waals surface area (Å²) >= 11 is 0. The molecular weight excluding hydrogens is 402 g/mol. The first kappa shape index (κ1) is 23.1. The number of hydrogen-bond acceptors (Lipinski definition) is 5. The molecule has 0 aromatic heterocycles. The molecular formula is C27H37NO4. The Balaban J connectivity index is 1.26. The van der Waals surface area contributed by atoms with Crippen LogP contribution < -0.4 is 9.47 Å². The average Bonchev–Trinajstić information content (AvgIpc) is 3.32. The molecule has 2 aliphatic rings. The van der Waals surface area contributed by atoms with E-state index < -0.39 is 0 Å². The minimum Gasteiger partial charge on any atom is -0.493 e. The molecule has 1 saturated carbocycles. The smallest absolute Gasteiger partial charge is 0.160 e. The summed E-state index contributed by atoms with van der Waals surface area (Å²) in [6.45, 7) is 3.57. The van der Waals surface area contributed by atoms with Crippen LogP contribution >= 0.6 is 0 Å². The van der Waals surface area contributed by atoms with Crippen LogP contribution in [0.4, 0.5) is 0 Å². The van der Waals surface area contributed by atoms with E-state index in [-0.39, 0.29) is 0 Å². The van der Waals surface area contributed by atoms with Gasteiger partial charge in [-0.15, -0.1) is 0 Å². The summed E-state index contributed by atoms with van der Waals surface area (Å²) in [7, 11) is 3.34. The first-order chi connectivity index (χ1) is 15.8. The lowest BCUT2D eigenvalue weighted by Crippen LogP contribution is -2.46. The lowest BCUT2D eigenvalue weighted by Gasteiger charge is -2.37. The Morgan fingerprint density at radius 3 is 2.47 bits per heavy atom. The lowest BCUT2D eigenvalue weighted by molar-refractivity contribution is -0.0352. The zero-order chi connectivity index (χ0) is 22.2. The standard InChI is InChI=1S/C27H37NO4/c1-29-26-13-12-21(18-27(26)30-2)15-17-31-25-11-7-6-10-24(25)28-16-14-23(19-28)32-20-22-8-4-3-5-9-22/h3-5,8-9,12-13,18,23-25H,6-7,10-11,14-17,19-20H2,1-2H3/t23-,24?,25?/m1/s1. The van der Waals surface area contributed by atoms with Gasteiger partial charge in [0.15, 0.2) is 11.5 Å². The zero-order valence-corrected chi connectivity index (χ0v) is 19.5. The van der Waals surface area contributed by atoms with E-state index in [1.54, 1.807) is 14.2 Å². The summed E-state index contributed by atoms with van der Waals surface area (Å²) in [5, 5.41) is 0. The third kappa shape index (κ3) is 6.03. The minimum atomic E-state index is 0.316. The summed E-state index contributed by atoms with van der Waals surface area (Å²) in [4.78, 5) is 2.62. The lowest BCUT2D eigenvalue weighted by atomic mass is 9.91. The van der Waals surface area contributed by atoms with Crippen LogP contribution in [0.1, 0.15) is 43.2 Å².